The first-order valence-corrected chi connectivity index (χ1v) is 7.65. The van der Waals surface area contributed by atoms with Gasteiger partial charge >= 0.3 is 0 Å². The molecule has 2 N–H and O–H groups in total. The van der Waals surface area contributed by atoms with Gasteiger partial charge in [-0.2, -0.15) is 0 Å². The van der Waals surface area contributed by atoms with Gasteiger partial charge in [0.15, 0.2) is 5.96 Å². The molecule has 1 saturated heterocycles. The van der Waals surface area contributed by atoms with Gasteiger partial charge in [0.2, 0.25) is 0 Å². The Morgan fingerprint density at radius 1 is 1.29 bits per heavy atom. The summed E-state index contributed by atoms with van der Waals surface area (Å²) < 4.78 is 5.29. The number of hydrogen-bond donors (Lipinski definition) is 2. The summed E-state index contributed by atoms with van der Waals surface area (Å²) in [6.45, 7) is 8.02. The third kappa shape index (κ3) is 7.17. The van der Waals surface area contributed by atoms with E-state index in [4.69, 9.17) is 4.42 Å². The molecule has 0 spiro atoms. The van der Waals surface area contributed by atoms with Crippen LogP contribution < -0.4 is 10.6 Å². The molecule has 0 amide bonds. The smallest absolute Gasteiger partial charge is 0.191 e. The Hall–Kier alpha value is -0.760. The lowest BCUT2D eigenvalue weighted by Gasteiger charge is -2.26. The third-order valence-corrected chi connectivity index (χ3v) is 3.49. The minimum atomic E-state index is 0. The molecule has 6 heteroatoms. The lowest BCUT2D eigenvalue weighted by Crippen LogP contribution is -2.42. The first-order valence-electron chi connectivity index (χ1n) is 7.65. The zero-order valence-corrected chi connectivity index (χ0v) is 15.1. The van der Waals surface area contributed by atoms with Gasteiger partial charge in [0, 0.05) is 19.6 Å². The van der Waals surface area contributed by atoms with Crippen molar-refractivity contribution in [1.82, 2.24) is 15.5 Å². The Balaban J connectivity index is 0.00000220. The molecule has 1 aliphatic rings. The molecular weight excluding hydrogens is 379 g/mol. The van der Waals surface area contributed by atoms with E-state index in [-0.39, 0.29) is 24.0 Å². The zero-order valence-electron chi connectivity index (χ0n) is 12.8. The van der Waals surface area contributed by atoms with Crippen LogP contribution in [-0.4, -0.2) is 43.6 Å². The number of nitrogens with zero attached hydrogens (tertiary/aromatic N) is 2. The highest BCUT2D eigenvalue weighted by molar-refractivity contribution is 14.0. The van der Waals surface area contributed by atoms with Gasteiger partial charge < -0.3 is 20.0 Å². The van der Waals surface area contributed by atoms with Gasteiger partial charge in [0.05, 0.1) is 6.26 Å². The second kappa shape index (κ2) is 10.9. The topological polar surface area (TPSA) is 52.8 Å². The first-order chi connectivity index (χ1) is 9.88. The van der Waals surface area contributed by atoms with Crippen molar-refractivity contribution in [3.8, 4) is 0 Å². The molecule has 1 fully saturated rings. The SMILES string of the molecule is CCNC(=NCc1ccco1)NCCN1CCCCC1.I. The lowest BCUT2D eigenvalue weighted by molar-refractivity contribution is 0.232. The van der Waals surface area contributed by atoms with Crippen LogP contribution in [0.3, 0.4) is 0 Å². The number of nitrogens with one attached hydrogen (secondary N) is 2. The summed E-state index contributed by atoms with van der Waals surface area (Å²) in [7, 11) is 0. The van der Waals surface area contributed by atoms with Crippen LogP contribution in [0.15, 0.2) is 27.8 Å². The Labute approximate surface area is 144 Å². The molecule has 0 saturated carbocycles. The van der Waals surface area contributed by atoms with Crippen LogP contribution in [0, 0.1) is 0 Å². The highest BCUT2D eigenvalue weighted by Gasteiger charge is 2.09. The van der Waals surface area contributed by atoms with Crippen molar-refractivity contribution in [1.29, 1.82) is 0 Å². The molecule has 2 rings (SSSR count). The number of furan rings is 1. The van der Waals surface area contributed by atoms with E-state index in [1.165, 1.54) is 32.4 Å². The monoisotopic (exact) mass is 406 g/mol. The lowest BCUT2D eigenvalue weighted by atomic mass is 10.1. The summed E-state index contributed by atoms with van der Waals surface area (Å²) in [4.78, 5) is 7.04. The van der Waals surface area contributed by atoms with E-state index in [0.29, 0.717) is 6.54 Å². The number of aliphatic imine (C=N–C) groups is 1. The van der Waals surface area contributed by atoms with Crippen molar-refractivity contribution in [2.24, 2.45) is 4.99 Å². The van der Waals surface area contributed by atoms with Crippen molar-refractivity contribution < 1.29 is 4.42 Å². The third-order valence-electron chi connectivity index (χ3n) is 3.49. The van der Waals surface area contributed by atoms with Crippen LogP contribution in [0.5, 0.6) is 0 Å². The molecule has 120 valence electrons. The maximum atomic E-state index is 5.29. The van der Waals surface area contributed by atoms with Gasteiger partial charge in [-0.05, 0) is 45.0 Å². The van der Waals surface area contributed by atoms with E-state index in [1.807, 2.05) is 12.1 Å². The maximum Gasteiger partial charge on any atom is 0.191 e. The number of piperidine rings is 1. The Kier molecular flexibility index (Phi) is 9.49. The Bertz CT molecular complexity index is 388. The van der Waals surface area contributed by atoms with E-state index in [9.17, 15) is 0 Å². The van der Waals surface area contributed by atoms with Crippen LogP contribution >= 0.6 is 24.0 Å². The highest BCUT2D eigenvalue weighted by atomic mass is 127. The largest absolute Gasteiger partial charge is 0.467 e. The molecule has 5 nitrogen and oxygen atoms in total. The fourth-order valence-electron chi connectivity index (χ4n) is 2.42. The molecule has 0 atom stereocenters. The Morgan fingerprint density at radius 2 is 2.10 bits per heavy atom. The normalized spacial score (nSPS) is 16.3. The fraction of sp³-hybridized carbons (Fsp3) is 0.667. The molecule has 0 aromatic carbocycles. The predicted molar refractivity (Wildman–Crippen MR) is 97.2 cm³/mol. The molecule has 1 aromatic rings. The van der Waals surface area contributed by atoms with E-state index in [2.05, 4.69) is 27.4 Å². The van der Waals surface area contributed by atoms with Gasteiger partial charge in [0.1, 0.15) is 12.3 Å². The molecule has 0 unspecified atom stereocenters. The molecular formula is C15H27IN4O. The Morgan fingerprint density at radius 3 is 2.76 bits per heavy atom. The van der Waals surface area contributed by atoms with Crippen LogP contribution in [0.4, 0.5) is 0 Å². The van der Waals surface area contributed by atoms with Gasteiger partial charge in [0.25, 0.3) is 0 Å². The van der Waals surface area contributed by atoms with Crippen molar-refractivity contribution in [3.05, 3.63) is 24.2 Å². The molecule has 1 aromatic heterocycles. The van der Waals surface area contributed by atoms with E-state index < -0.39 is 0 Å². The number of halogens is 1. The average molecular weight is 406 g/mol. The van der Waals surface area contributed by atoms with Gasteiger partial charge in [-0.1, -0.05) is 6.42 Å². The summed E-state index contributed by atoms with van der Waals surface area (Å²) in [6, 6.07) is 3.84. The summed E-state index contributed by atoms with van der Waals surface area (Å²) in [6.07, 6.45) is 5.75. The number of hydrogen-bond acceptors (Lipinski definition) is 3. The molecule has 0 radical (unpaired) electrons. The number of guanidine groups is 1. The standard InChI is InChI=1S/C15H26N4O.HI/c1-2-16-15(18-13-14-7-6-12-20-14)17-8-11-19-9-4-3-5-10-19;/h6-7,12H,2-5,8-11,13H2,1H3,(H2,16,17,18);1H. The highest BCUT2D eigenvalue weighted by Crippen LogP contribution is 2.07. The van der Waals surface area contributed by atoms with E-state index in [0.717, 1.165) is 31.4 Å². The second-order valence-corrected chi connectivity index (χ2v) is 5.10. The molecule has 0 bridgehead atoms. The van der Waals surface area contributed by atoms with Gasteiger partial charge in [-0.25, -0.2) is 4.99 Å². The average Bonchev–Trinajstić information content (AvgIpc) is 2.99. The minimum Gasteiger partial charge on any atom is -0.467 e. The zero-order chi connectivity index (χ0) is 14.0. The molecule has 1 aliphatic heterocycles. The molecule has 2 heterocycles. The minimum absolute atomic E-state index is 0. The van der Waals surface area contributed by atoms with Crippen molar-refractivity contribution in [3.63, 3.8) is 0 Å². The van der Waals surface area contributed by atoms with Crippen LogP contribution in [0.1, 0.15) is 31.9 Å². The summed E-state index contributed by atoms with van der Waals surface area (Å²) >= 11 is 0. The van der Waals surface area contributed by atoms with Crippen molar-refractivity contribution in [2.45, 2.75) is 32.7 Å². The van der Waals surface area contributed by atoms with Crippen LogP contribution in [0.25, 0.3) is 0 Å². The van der Waals surface area contributed by atoms with Crippen molar-refractivity contribution >= 4 is 29.9 Å². The maximum absolute atomic E-state index is 5.29. The van der Waals surface area contributed by atoms with Crippen LogP contribution in [0.2, 0.25) is 0 Å². The molecule has 0 aliphatic carbocycles. The summed E-state index contributed by atoms with van der Waals surface area (Å²) in [5, 5.41) is 6.65. The summed E-state index contributed by atoms with van der Waals surface area (Å²) in [5.41, 5.74) is 0. The van der Waals surface area contributed by atoms with Gasteiger partial charge in [-0.3, -0.25) is 0 Å². The van der Waals surface area contributed by atoms with E-state index in [1.54, 1.807) is 6.26 Å². The van der Waals surface area contributed by atoms with Crippen LogP contribution in [-0.2, 0) is 6.54 Å². The predicted octanol–water partition coefficient (Wildman–Crippen LogP) is 2.44. The summed E-state index contributed by atoms with van der Waals surface area (Å²) in [5.74, 6) is 1.75. The second-order valence-electron chi connectivity index (χ2n) is 5.10. The first kappa shape index (κ1) is 18.3. The fourth-order valence-corrected chi connectivity index (χ4v) is 2.42. The number of likely N-dealkylation sites (tertiary alicyclic amines) is 1. The number of rotatable bonds is 6. The van der Waals surface area contributed by atoms with E-state index >= 15 is 0 Å². The van der Waals surface area contributed by atoms with Gasteiger partial charge in [-0.15, -0.1) is 24.0 Å². The molecule has 21 heavy (non-hydrogen) atoms. The van der Waals surface area contributed by atoms with Crippen molar-refractivity contribution in [2.75, 3.05) is 32.7 Å². The quantitative estimate of drug-likeness (QED) is 0.433.